The number of pyridine rings is 1. The maximum Gasteiger partial charge on any atom is 0.408 e. The van der Waals surface area contributed by atoms with Crippen LogP contribution in [0.25, 0.3) is 10.9 Å². The van der Waals surface area contributed by atoms with Gasteiger partial charge in [0.2, 0.25) is 0 Å². The fraction of sp³-hybridized carbons (Fsp3) is 0.577. The molecule has 1 aliphatic carbocycles. The number of hydrogen-bond acceptors (Lipinski definition) is 8. The van der Waals surface area contributed by atoms with Crippen LogP contribution in [0, 0.1) is 23.0 Å². The Hall–Kier alpha value is -3.83. The molecule has 1 aromatic carbocycles. The molecule has 2 atom stereocenters. The zero-order chi connectivity index (χ0) is 27.7. The number of nitro groups is 1. The Labute approximate surface area is 218 Å². The second-order valence-corrected chi connectivity index (χ2v) is 11.6. The summed E-state index contributed by atoms with van der Waals surface area (Å²) in [5.41, 5.74) is -1.37. The van der Waals surface area contributed by atoms with Gasteiger partial charge in [-0.1, -0.05) is 0 Å². The number of ether oxygens (including phenoxy) is 2. The lowest BCUT2D eigenvalue weighted by Gasteiger charge is -2.32. The SMILES string of the molecule is Cc1c(N2CC[C@@H](C3(NC(=O)OC(C)(C)C)CC3)C2)c2c3c(cc(C(=O)O)c(=O)n3[C@@H](C)CO2)c1[N+](=O)[O-]. The second kappa shape index (κ2) is 8.60. The molecule has 38 heavy (non-hydrogen) atoms. The summed E-state index contributed by atoms with van der Waals surface area (Å²) in [5.74, 6) is -0.997. The number of anilines is 1. The number of benzene rings is 1. The normalized spacial score (nSPS) is 21.7. The van der Waals surface area contributed by atoms with Crippen molar-refractivity contribution in [2.75, 3.05) is 24.6 Å². The fourth-order valence-corrected chi connectivity index (χ4v) is 5.94. The van der Waals surface area contributed by atoms with Crippen molar-refractivity contribution in [3.63, 3.8) is 0 Å². The fourth-order valence-electron chi connectivity index (χ4n) is 5.94. The highest BCUT2D eigenvalue weighted by molar-refractivity contribution is 6.03. The number of aromatic carboxylic acids is 1. The molecule has 1 saturated heterocycles. The Bertz CT molecular complexity index is 1440. The number of nitrogens with one attached hydrogen (secondary N) is 1. The number of carbonyl (C=O) groups excluding carboxylic acids is 1. The molecule has 2 N–H and O–H groups in total. The summed E-state index contributed by atoms with van der Waals surface area (Å²) in [6, 6.07) is 0.582. The third-order valence-electron chi connectivity index (χ3n) is 7.78. The Balaban J connectivity index is 1.59. The number of rotatable bonds is 5. The topological polar surface area (TPSA) is 153 Å². The minimum Gasteiger partial charge on any atom is -0.487 e. The van der Waals surface area contributed by atoms with Crippen LogP contribution in [-0.4, -0.2) is 57.5 Å². The summed E-state index contributed by atoms with van der Waals surface area (Å²) in [6.45, 7) is 10.00. The molecule has 0 unspecified atom stereocenters. The largest absolute Gasteiger partial charge is 0.487 e. The first-order chi connectivity index (χ1) is 17.7. The van der Waals surface area contributed by atoms with Crippen LogP contribution in [0.3, 0.4) is 0 Å². The lowest BCUT2D eigenvalue weighted by molar-refractivity contribution is -0.383. The summed E-state index contributed by atoms with van der Waals surface area (Å²) in [7, 11) is 0. The number of carboxylic acids is 1. The summed E-state index contributed by atoms with van der Waals surface area (Å²) < 4.78 is 12.9. The lowest BCUT2D eigenvalue weighted by Crippen LogP contribution is -2.45. The van der Waals surface area contributed by atoms with E-state index in [2.05, 4.69) is 5.32 Å². The number of nitro benzene ring substituents is 1. The van der Waals surface area contributed by atoms with E-state index in [1.807, 2.05) is 25.7 Å². The molecule has 0 bridgehead atoms. The lowest BCUT2D eigenvalue weighted by atomic mass is 9.96. The Morgan fingerprint density at radius 1 is 1.32 bits per heavy atom. The van der Waals surface area contributed by atoms with Crippen molar-refractivity contribution in [3.8, 4) is 5.75 Å². The minimum atomic E-state index is -1.44. The summed E-state index contributed by atoms with van der Waals surface area (Å²) in [4.78, 5) is 51.2. The van der Waals surface area contributed by atoms with Gasteiger partial charge in [-0.15, -0.1) is 0 Å². The Morgan fingerprint density at radius 3 is 2.58 bits per heavy atom. The van der Waals surface area contributed by atoms with Gasteiger partial charge >= 0.3 is 12.1 Å². The molecule has 5 rings (SSSR count). The monoisotopic (exact) mass is 528 g/mol. The van der Waals surface area contributed by atoms with E-state index >= 15 is 0 Å². The van der Waals surface area contributed by atoms with Gasteiger partial charge in [0.05, 0.1) is 27.6 Å². The first-order valence-electron chi connectivity index (χ1n) is 12.8. The third kappa shape index (κ3) is 4.11. The molecule has 1 amide bonds. The van der Waals surface area contributed by atoms with E-state index in [4.69, 9.17) is 9.47 Å². The molecule has 0 radical (unpaired) electrons. The molecule has 0 spiro atoms. The van der Waals surface area contributed by atoms with Gasteiger partial charge in [-0.2, -0.15) is 0 Å². The highest BCUT2D eigenvalue weighted by atomic mass is 16.6. The van der Waals surface area contributed by atoms with Gasteiger partial charge < -0.3 is 24.8 Å². The first-order valence-corrected chi connectivity index (χ1v) is 12.8. The number of amides is 1. The van der Waals surface area contributed by atoms with Crippen molar-refractivity contribution in [1.82, 2.24) is 9.88 Å². The van der Waals surface area contributed by atoms with E-state index < -0.39 is 45.3 Å². The molecule has 1 aromatic heterocycles. The zero-order valence-electron chi connectivity index (χ0n) is 22.1. The van der Waals surface area contributed by atoms with E-state index in [-0.39, 0.29) is 29.1 Å². The highest BCUT2D eigenvalue weighted by Crippen LogP contribution is 2.51. The average molecular weight is 529 g/mol. The van der Waals surface area contributed by atoms with E-state index in [9.17, 15) is 29.6 Å². The summed E-state index contributed by atoms with van der Waals surface area (Å²) in [6.07, 6.45) is 1.93. The van der Waals surface area contributed by atoms with Crippen LogP contribution in [-0.2, 0) is 4.74 Å². The zero-order valence-corrected chi connectivity index (χ0v) is 22.1. The number of hydrogen-bond donors (Lipinski definition) is 2. The summed E-state index contributed by atoms with van der Waals surface area (Å²) >= 11 is 0. The third-order valence-corrected chi connectivity index (χ3v) is 7.78. The smallest absolute Gasteiger partial charge is 0.408 e. The van der Waals surface area contributed by atoms with E-state index in [1.165, 1.54) is 4.57 Å². The van der Waals surface area contributed by atoms with Crippen molar-refractivity contribution < 1.29 is 29.1 Å². The first kappa shape index (κ1) is 25.8. The van der Waals surface area contributed by atoms with Gasteiger partial charge in [-0.05, 0) is 59.9 Å². The number of aromatic nitrogens is 1. The van der Waals surface area contributed by atoms with Crippen molar-refractivity contribution in [2.45, 2.75) is 71.1 Å². The van der Waals surface area contributed by atoms with Gasteiger partial charge in [0.1, 0.15) is 23.3 Å². The van der Waals surface area contributed by atoms with E-state index in [0.29, 0.717) is 30.1 Å². The highest BCUT2D eigenvalue weighted by Gasteiger charge is 2.53. The predicted molar refractivity (Wildman–Crippen MR) is 138 cm³/mol. The average Bonchev–Trinajstić information content (AvgIpc) is 3.39. The van der Waals surface area contributed by atoms with Crippen LogP contribution >= 0.6 is 0 Å². The van der Waals surface area contributed by atoms with Gasteiger partial charge in [0, 0.05) is 24.5 Å². The van der Waals surface area contributed by atoms with Gasteiger partial charge in [-0.25, -0.2) is 9.59 Å². The van der Waals surface area contributed by atoms with Crippen LogP contribution < -0.4 is 20.5 Å². The number of carboxylic acid groups (broad SMARTS) is 1. The van der Waals surface area contributed by atoms with Gasteiger partial charge in [0.25, 0.3) is 11.2 Å². The maximum atomic E-state index is 13.1. The number of nitrogens with zero attached hydrogens (tertiary/aromatic N) is 3. The quantitative estimate of drug-likeness (QED) is 0.436. The van der Waals surface area contributed by atoms with Crippen molar-refractivity contribution in [3.05, 3.63) is 37.7 Å². The Kier molecular flexibility index (Phi) is 5.84. The van der Waals surface area contributed by atoms with Crippen LogP contribution in [0.2, 0.25) is 0 Å². The molecule has 12 heteroatoms. The van der Waals surface area contributed by atoms with Crippen molar-refractivity contribution in [1.29, 1.82) is 0 Å². The van der Waals surface area contributed by atoms with Gasteiger partial charge in [-0.3, -0.25) is 19.5 Å². The second-order valence-electron chi connectivity index (χ2n) is 11.6. The molecule has 12 nitrogen and oxygen atoms in total. The predicted octanol–water partition coefficient (Wildman–Crippen LogP) is 3.75. The maximum absolute atomic E-state index is 13.1. The Morgan fingerprint density at radius 2 is 2.00 bits per heavy atom. The minimum absolute atomic E-state index is 0.0656. The molecule has 3 aliphatic rings. The molecule has 204 valence electrons. The van der Waals surface area contributed by atoms with E-state index in [0.717, 1.165) is 25.3 Å². The molecule has 2 aliphatic heterocycles. The summed E-state index contributed by atoms with van der Waals surface area (Å²) in [5, 5.41) is 25.0. The molecule has 2 aromatic rings. The van der Waals surface area contributed by atoms with Crippen LogP contribution in [0.15, 0.2) is 10.9 Å². The van der Waals surface area contributed by atoms with Crippen LogP contribution in [0.5, 0.6) is 5.75 Å². The van der Waals surface area contributed by atoms with E-state index in [1.54, 1.807) is 13.8 Å². The molecule has 1 saturated carbocycles. The molecule has 2 fully saturated rings. The molecule has 3 heterocycles. The van der Waals surface area contributed by atoms with Crippen molar-refractivity contribution in [2.24, 2.45) is 5.92 Å². The van der Waals surface area contributed by atoms with Crippen molar-refractivity contribution >= 4 is 34.3 Å². The number of carbonyl (C=O) groups is 2. The van der Waals surface area contributed by atoms with Gasteiger partial charge in [0.15, 0.2) is 5.75 Å². The van der Waals surface area contributed by atoms with Crippen LogP contribution in [0.1, 0.15) is 68.9 Å². The van der Waals surface area contributed by atoms with Crippen LogP contribution in [0.4, 0.5) is 16.2 Å². The standard InChI is InChI=1S/C26H32N4O8/c1-13-12-37-21-19(28-9-6-15(11-28)26(7-8-26)27-24(34)38-25(3,4)5)14(2)18(30(35)36)16-10-17(23(32)33)22(31)29(13)20(16)21/h10,13,15H,6-9,11-12H2,1-5H3,(H,27,34)(H,32,33)/t13-,15+/m0/s1. The number of alkyl carbamates (subject to hydrolysis) is 1. The molecular formula is C26H32N4O8. The molecular weight excluding hydrogens is 496 g/mol.